The summed E-state index contributed by atoms with van der Waals surface area (Å²) in [7, 11) is 0. The Morgan fingerprint density at radius 3 is 2.60 bits per heavy atom. The molecule has 1 atom stereocenters. The Morgan fingerprint density at radius 2 is 2.00 bits per heavy atom. The van der Waals surface area contributed by atoms with E-state index in [1.54, 1.807) is 0 Å². The number of hydrogen-bond acceptors (Lipinski definition) is 2. The van der Waals surface area contributed by atoms with E-state index in [1.165, 1.54) is 13.3 Å². The lowest BCUT2D eigenvalue weighted by atomic mass is 9.89. The standard InChI is InChI=1S/C20H34N4O/c1-7-21-19(23-15(2)11-12-20(4,5)6)22-14-17-9-8-10-18(13-17)24-16(3)25/h8-10,13,15H,7,11-12,14H2,1-6H3,(H,24,25)(H2,21,22,23). The third kappa shape index (κ3) is 9.75. The summed E-state index contributed by atoms with van der Waals surface area (Å²) in [4.78, 5) is 15.8. The van der Waals surface area contributed by atoms with E-state index in [9.17, 15) is 4.79 Å². The van der Waals surface area contributed by atoms with Crippen molar-refractivity contribution in [3.8, 4) is 0 Å². The fraction of sp³-hybridized carbons (Fsp3) is 0.600. The van der Waals surface area contributed by atoms with Crippen LogP contribution in [-0.2, 0) is 11.3 Å². The second-order valence-corrected chi connectivity index (χ2v) is 7.72. The van der Waals surface area contributed by atoms with Gasteiger partial charge in [-0.2, -0.15) is 0 Å². The van der Waals surface area contributed by atoms with Gasteiger partial charge in [-0.1, -0.05) is 32.9 Å². The largest absolute Gasteiger partial charge is 0.357 e. The van der Waals surface area contributed by atoms with Crippen LogP contribution in [0.3, 0.4) is 0 Å². The van der Waals surface area contributed by atoms with Gasteiger partial charge in [0.1, 0.15) is 0 Å². The number of amides is 1. The van der Waals surface area contributed by atoms with Crippen molar-refractivity contribution in [3.63, 3.8) is 0 Å². The molecule has 140 valence electrons. The molecule has 0 spiro atoms. The molecule has 0 saturated carbocycles. The molecule has 1 amide bonds. The Balaban J connectivity index is 2.67. The SMILES string of the molecule is CCNC(=NCc1cccc(NC(C)=O)c1)NC(C)CCC(C)(C)C. The van der Waals surface area contributed by atoms with Crippen LogP contribution in [0.25, 0.3) is 0 Å². The number of nitrogens with one attached hydrogen (secondary N) is 3. The molecule has 5 nitrogen and oxygen atoms in total. The number of carbonyl (C=O) groups is 1. The predicted octanol–water partition coefficient (Wildman–Crippen LogP) is 3.91. The minimum atomic E-state index is -0.0664. The number of guanidine groups is 1. The second-order valence-electron chi connectivity index (χ2n) is 7.72. The van der Waals surface area contributed by atoms with Crippen molar-refractivity contribution in [3.05, 3.63) is 29.8 Å². The summed E-state index contributed by atoms with van der Waals surface area (Å²) in [6, 6.07) is 8.15. The molecule has 1 aromatic carbocycles. The van der Waals surface area contributed by atoms with Gasteiger partial charge in [-0.3, -0.25) is 4.79 Å². The molecule has 1 unspecified atom stereocenters. The third-order valence-corrected chi connectivity index (χ3v) is 3.72. The summed E-state index contributed by atoms with van der Waals surface area (Å²) in [6.45, 7) is 13.9. The van der Waals surface area contributed by atoms with E-state index in [0.29, 0.717) is 18.0 Å². The molecule has 0 heterocycles. The van der Waals surface area contributed by atoms with Crippen molar-refractivity contribution in [1.29, 1.82) is 0 Å². The summed E-state index contributed by atoms with van der Waals surface area (Å²) in [5.41, 5.74) is 2.21. The highest BCUT2D eigenvalue weighted by atomic mass is 16.1. The number of hydrogen-bond donors (Lipinski definition) is 3. The number of nitrogens with zero attached hydrogens (tertiary/aromatic N) is 1. The zero-order valence-corrected chi connectivity index (χ0v) is 16.6. The van der Waals surface area contributed by atoms with Crippen molar-refractivity contribution in [1.82, 2.24) is 10.6 Å². The van der Waals surface area contributed by atoms with Gasteiger partial charge in [0.2, 0.25) is 5.91 Å². The van der Waals surface area contributed by atoms with Crippen LogP contribution in [-0.4, -0.2) is 24.5 Å². The maximum Gasteiger partial charge on any atom is 0.221 e. The van der Waals surface area contributed by atoms with E-state index in [-0.39, 0.29) is 5.91 Å². The molecule has 0 fully saturated rings. The van der Waals surface area contributed by atoms with E-state index >= 15 is 0 Å². The van der Waals surface area contributed by atoms with Crippen LogP contribution in [0.4, 0.5) is 5.69 Å². The molecule has 0 radical (unpaired) electrons. The highest BCUT2D eigenvalue weighted by molar-refractivity contribution is 5.88. The highest BCUT2D eigenvalue weighted by Crippen LogP contribution is 2.21. The summed E-state index contributed by atoms with van der Waals surface area (Å²) in [5, 5.41) is 9.58. The summed E-state index contributed by atoms with van der Waals surface area (Å²) >= 11 is 0. The maximum atomic E-state index is 11.2. The van der Waals surface area contributed by atoms with Gasteiger partial charge in [-0.15, -0.1) is 0 Å². The lowest BCUT2D eigenvalue weighted by molar-refractivity contribution is -0.114. The Morgan fingerprint density at radius 1 is 1.28 bits per heavy atom. The molecule has 0 saturated heterocycles. The quantitative estimate of drug-likeness (QED) is 0.518. The van der Waals surface area contributed by atoms with Gasteiger partial charge >= 0.3 is 0 Å². The summed E-state index contributed by atoms with van der Waals surface area (Å²) in [6.07, 6.45) is 2.27. The molecule has 5 heteroatoms. The van der Waals surface area contributed by atoms with Crippen molar-refractivity contribution in [2.45, 2.75) is 67.0 Å². The van der Waals surface area contributed by atoms with Crippen molar-refractivity contribution in [2.75, 3.05) is 11.9 Å². The van der Waals surface area contributed by atoms with Gasteiger partial charge in [0.15, 0.2) is 5.96 Å². The number of aliphatic imine (C=N–C) groups is 1. The minimum absolute atomic E-state index is 0.0664. The fourth-order valence-corrected chi connectivity index (χ4v) is 2.40. The minimum Gasteiger partial charge on any atom is -0.357 e. The first kappa shape index (κ1) is 21.0. The van der Waals surface area contributed by atoms with Crippen LogP contribution >= 0.6 is 0 Å². The third-order valence-electron chi connectivity index (χ3n) is 3.72. The van der Waals surface area contributed by atoms with Gasteiger partial charge in [-0.05, 0) is 49.8 Å². The van der Waals surface area contributed by atoms with Crippen LogP contribution in [0.5, 0.6) is 0 Å². The average molecular weight is 347 g/mol. The molecule has 1 aromatic rings. The summed E-state index contributed by atoms with van der Waals surface area (Å²) < 4.78 is 0. The van der Waals surface area contributed by atoms with Gasteiger partial charge in [0, 0.05) is 25.2 Å². The molecule has 3 N–H and O–H groups in total. The van der Waals surface area contributed by atoms with Crippen LogP contribution in [0, 0.1) is 5.41 Å². The Bertz CT molecular complexity index is 575. The fourth-order valence-electron chi connectivity index (χ4n) is 2.40. The van der Waals surface area contributed by atoms with Crippen LogP contribution in [0.1, 0.15) is 59.9 Å². The van der Waals surface area contributed by atoms with E-state index in [2.05, 4.69) is 55.6 Å². The molecule has 25 heavy (non-hydrogen) atoms. The van der Waals surface area contributed by atoms with Crippen LogP contribution in [0.2, 0.25) is 0 Å². The first-order valence-corrected chi connectivity index (χ1v) is 9.11. The van der Waals surface area contributed by atoms with Gasteiger partial charge in [-0.25, -0.2) is 4.99 Å². The Hall–Kier alpha value is -2.04. The molecule has 0 bridgehead atoms. The van der Waals surface area contributed by atoms with Gasteiger partial charge in [0.05, 0.1) is 6.54 Å². The zero-order valence-electron chi connectivity index (χ0n) is 16.6. The first-order valence-electron chi connectivity index (χ1n) is 9.11. The molecular weight excluding hydrogens is 312 g/mol. The van der Waals surface area contributed by atoms with E-state index in [0.717, 1.165) is 30.2 Å². The van der Waals surface area contributed by atoms with Crippen molar-refractivity contribution >= 4 is 17.6 Å². The topological polar surface area (TPSA) is 65.5 Å². The van der Waals surface area contributed by atoms with Crippen LogP contribution in [0.15, 0.2) is 29.3 Å². The monoisotopic (exact) mass is 346 g/mol. The van der Waals surface area contributed by atoms with Crippen molar-refractivity contribution in [2.24, 2.45) is 10.4 Å². The average Bonchev–Trinajstić information content (AvgIpc) is 2.50. The van der Waals surface area contributed by atoms with Crippen LogP contribution < -0.4 is 16.0 Å². The number of benzene rings is 1. The maximum absolute atomic E-state index is 11.2. The molecule has 0 aromatic heterocycles. The van der Waals surface area contributed by atoms with Crippen molar-refractivity contribution < 1.29 is 4.79 Å². The second kappa shape index (κ2) is 10.1. The highest BCUT2D eigenvalue weighted by Gasteiger charge is 2.13. The summed E-state index contributed by atoms with van der Waals surface area (Å²) in [5.74, 6) is 0.761. The number of carbonyl (C=O) groups excluding carboxylic acids is 1. The smallest absolute Gasteiger partial charge is 0.221 e. The first-order chi connectivity index (χ1) is 11.7. The molecule has 0 aliphatic rings. The normalized spacial score (nSPS) is 13.3. The lowest BCUT2D eigenvalue weighted by Gasteiger charge is -2.23. The molecule has 0 aliphatic carbocycles. The van der Waals surface area contributed by atoms with E-state index in [4.69, 9.17) is 0 Å². The van der Waals surface area contributed by atoms with Gasteiger partial charge in [0.25, 0.3) is 0 Å². The molecular formula is C20H34N4O. The molecule has 1 rings (SSSR count). The molecule has 0 aliphatic heterocycles. The predicted molar refractivity (Wildman–Crippen MR) is 107 cm³/mol. The lowest BCUT2D eigenvalue weighted by Crippen LogP contribution is -2.42. The Labute approximate surface area is 152 Å². The van der Waals surface area contributed by atoms with E-state index < -0.39 is 0 Å². The van der Waals surface area contributed by atoms with E-state index in [1.807, 2.05) is 24.3 Å². The number of anilines is 1. The zero-order chi connectivity index (χ0) is 18.9. The van der Waals surface area contributed by atoms with Gasteiger partial charge < -0.3 is 16.0 Å². The Kier molecular flexibility index (Phi) is 8.46. The number of rotatable bonds is 7.